The minimum atomic E-state index is -0.849. The summed E-state index contributed by atoms with van der Waals surface area (Å²) in [5.74, 6) is 0.565. The fourth-order valence-corrected chi connectivity index (χ4v) is 2.41. The van der Waals surface area contributed by atoms with Crippen molar-refractivity contribution in [3.8, 4) is 6.07 Å². The van der Waals surface area contributed by atoms with E-state index in [2.05, 4.69) is 0 Å². The predicted octanol–water partition coefficient (Wildman–Crippen LogP) is 1.47. The molecule has 2 N–H and O–H groups in total. The fourth-order valence-electron chi connectivity index (χ4n) is 2.41. The molecule has 108 valence electrons. The standard InChI is InChI=1S/C17H14N4O/c18-11-14(12-19)15(13-7-3-1-4-8-13)16(17(20)22)21-9-5-2-6-10-21/h1-10,15-16H,(H2,20,22). The molecule has 2 aromatic rings. The average molecular weight is 290 g/mol. The van der Waals surface area contributed by atoms with Crippen LogP contribution in [0.15, 0.2) is 66.5 Å². The largest absolute Gasteiger partial charge is 0.762 e. The van der Waals surface area contributed by atoms with E-state index in [1.807, 2.05) is 24.1 Å². The van der Waals surface area contributed by atoms with E-state index in [1.54, 1.807) is 53.4 Å². The summed E-state index contributed by atoms with van der Waals surface area (Å²) in [6.07, 6.45) is 3.38. The number of nitriles is 1. The molecule has 1 amide bonds. The van der Waals surface area contributed by atoms with Crippen LogP contribution >= 0.6 is 0 Å². The van der Waals surface area contributed by atoms with Gasteiger partial charge in [0.05, 0.1) is 11.5 Å². The van der Waals surface area contributed by atoms with Gasteiger partial charge in [0.1, 0.15) is 6.07 Å². The van der Waals surface area contributed by atoms with Gasteiger partial charge in [-0.15, -0.1) is 0 Å². The Morgan fingerprint density at radius 3 is 2.23 bits per heavy atom. The Morgan fingerprint density at radius 1 is 1.14 bits per heavy atom. The molecule has 0 aliphatic rings. The summed E-state index contributed by atoms with van der Waals surface area (Å²) in [6, 6.07) is 15.3. The maximum atomic E-state index is 12.0. The molecule has 5 heteroatoms. The highest BCUT2D eigenvalue weighted by Crippen LogP contribution is 2.30. The Hall–Kier alpha value is -3.22. The van der Waals surface area contributed by atoms with E-state index in [9.17, 15) is 15.5 Å². The molecule has 22 heavy (non-hydrogen) atoms. The molecular weight excluding hydrogens is 276 g/mol. The molecule has 0 aliphatic carbocycles. The van der Waals surface area contributed by atoms with Gasteiger partial charge in [0, 0.05) is 12.1 Å². The summed E-state index contributed by atoms with van der Waals surface area (Å²) < 4.78 is 1.62. The number of nitrogens with zero attached hydrogens (tertiary/aromatic N) is 3. The highest BCUT2D eigenvalue weighted by Gasteiger charge is 2.38. The van der Waals surface area contributed by atoms with Gasteiger partial charge >= 0.3 is 0 Å². The van der Waals surface area contributed by atoms with Crippen molar-refractivity contribution in [2.75, 3.05) is 0 Å². The molecule has 0 saturated heterocycles. The first kappa shape index (κ1) is 15.2. The number of pyridine rings is 1. The quantitative estimate of drug-likeness (QED) is 0.513. The maximum Gasteiger partial charge on any atom is 0.287 e. The Labute approximate surface area is 128 Å². The number of amides is 1. The number of nitrogens with two attached hydrogens (primary N) is 1. The van der Waals surface area contributed by atoms with Crippen LogP contribution in [0.1, 0.15) is 17.5 Å². The lowest BCUT2D eigenvalue weighted by Crippen LogP contribution is -2.49. The smallest absolute Gasteiger partial charge is 0.287 e. The van der Waals surface area contributed by atoms with Crippen molar-refractivity contribution in [3.05, 3.63) is 77.5 Å². The average Bonchev–Trinajstić information content (AvgIpc) is 2.56. The topological polar surface area (TPSA) is 93.1 Å². The first-order valence-corrected chi connectivity index (χ1v) is 6.66. The van der Waals surface area contributed by atoms with Gasteiger partial charge in [0.25, 0.3) is 5.91 Å². The fraction of sp³-hybridized carbons (Fsp3) is 0.118. The maximum absolute atomic E-state index is 12.0. The number of carbonyl (C=O) groups excluding carboxylic acids is 1. The zero-order valence-corrected chi connectivity index (χ0v) is 11.8. The normalized spacial score (nSPS) is 12.5. The van der Waals surface area contributed by atoms with Gasteiger partial charge in [-0.3, -0.25) is 10.7 Å². The summed E-state index contributed by atoms with van der Waals surface area (Å²) >= 11 is 0. The molecule has 5 nitrogen and oxygen atoms in total. The molecule has 2 unspecified atom stereocenters. The third kappa shape index (κ3) is 3.09. The minimum Gasteiger partial charge on any atom is -0.762 e. The zero-order valence-electron chi connectivity index (χ0n) is 11.8. The van der Waals surface area contributed by atoms with E-state index in [-0.39, 0.29) is 5.57 Å². The predicted molar refractivity (Wildman–Crippen MR) is 81.5 cm³/mol. The number of carbonyl (C=O) groups is 1. The molecular formula is C17H14N4O. The number of aromatic nitrogens is 1. The van der Waals surface area contributed by atoms with Gasteiger partial charge in [0.2, 0.25) is 6.04 Å². The Kier molecular flexibility index (Phi) is 4.81. The van der Waals surface area contributed by atoms with Crippen molar-refractivity contribution in [3.63, 3.8) is 0 Å². The molecule has 1 heterocycles. The highest BCUT2D eigenvalue weighted by molar-refractivity contribution is 5.81. The van der Waals surface area contributed by atoms with E-state index in [0.717, 1.165) is 0 Å². The molecule has 1 aromatic heterocycles. The van der Waals surface area contributed by atoms with Crippen molar-refractivity contribution in [1.29, 1.82) is 5.26 Å². The third-order valence-corrected chi connectivity index (χ3v) is 3.38. The monoisotopic (exact) mass is 290 g/mol. The number of rotatable bonds is 5. The SMILES string of the molecule is N#CC(=C=[N-])C(c1ccccc1)C(C(N)=O)[n+]1ccccc1. The van der Waals surface area contributed by atoms with Gasteiger partial charge in [-0.2, -0.15) is 9.83 Å². The molecule has 0 saturated carbocycles. The summed E-state index contributed by atoms with van der Waals surface area (Å²) in [6.45, 7) is 0. The number of hydrogen-bond donors (Lipinski definition) is 1. The first-order valence-electron chi connectivity index (χ1n) is 6.66. The van der Waals surface area contributed by atoms with Crippen LogP contribution in [-0.2, 0) is 4.79 Å². The van der Waals surface area contributed by atoms with Crippen LogP contribution < -0.4 is 10.3 Å². The second-order valence-corrected chi connectivity index (χ2v) is 4.70. The van der Waals surface area contributed by atoms with Gasteiger partial charge in [-0.1, -0.05) is 36.4 Å². The van der Waals surface area contributed by atoms with Crippen molar-refractivity contribution >= 4 is 11.8 Å². The molecule has 0 spiro atoms. The number of primary amides is 1. The lowest BCUT2D eigenvalue weighted by Gasteiger charge is -2.20. The van der Waals surface area contributed by atoms with Gasteiger partial charge in [-0.25, -0.2) is 0 Å². The van der Waals surface area contributed by atoms with Crippen LogP contribution in [0, 0.1) is 11.3 Å². The molecule has 0 radical (unpaired) electrons. The van der Waals surface area contributed by atoms with Crippen molar-refractivity contribution < 1.29 is 9.36 Å². The van der Waals surface area contributed by atoms with Crippen LogP contribution in [0.4, 0.5) is 0 Å². The van der Waals surface area contributed by atoms with E-state index in [4.69, 9.17) is 5.73 Å². The summed E-state index contributed by atoms with van der Waals surface area (Å²) in [4.78, 5) is 12.0. The second-order valence-electron chi connectivity index (χ2n) is 4.70. The second kappa shape index (κ2) is 6.98. The van der Waals surface area contributed by atoms with E-state index in [0.29, 0.717) is 5.56 Å². The van der Waals surface area contributed by atoms with E-state index < -0.39 is 17.9 Å². The third-order valence-electron chi connectivity index (χ3n) is 3.38. The summed E-state index contributed by atoms with van der Waals surface area (Å²) in [7, 11) is 0. The van der Waals surface area contributed by atoms with Gasteiger partial charge in [0.15, 0.2) is 12.4 Å². The van der Waals surface area contributed by atoms with Gasteiger partial charge in [-0.05, 0) is 5.56 Å². The molecule has 1 aromatic carbocycles. The molecule has 2 atom stereocenters. The number of allylic oxidation sites excluding steroid dienone is 1. The first-order chi connectivity index (χ1) is 10.7. The summed E-state index contributed by atoms with van der Waals surface area (Å²) in [5.41, 5.74) is 6.21. The van der Waals surface area contributed by atoms with Crippen molar-refractivity contribution in [2.24, 2.45) is 5.73 Å². The Morgan fingerprint density at radius 2 is 1.73 bits per heavy atom. The van der Waals surface area contributed by atoms with Crippen molar-refractivity contribution in [1.82, 2.24) is 0 Å². The number of benzene rings is 1. The lowest BCUT2D eigenvalue weighted by atomic mass is 9.85. The summed E-state index contributed by atoms with van der Waals surface area (Å²) in [5, 5.41) is 18.5. The Balaban J connectivity index is 2.63. The van der Waals surface area contributed by atoms with Crippen LogP contribution in [0.2, 0.25) is 0 Å². The lowest BCUT2D eigenvalue weighted by molar-refractivity contribution is -0.711. The van der Waals surface area contributed by atoms with Crippen LogP contribution in [0.25, 0.3) is 5.41 Å². The van der Waals surface area contributed by atoms with E-state index in [1.165, 1.54) is 0 Å². The van der Waals surface area contributed by atoms with E-state index >= 15 is 0 Å². The van der Waals surface area contributed by atoms with Crippen LogP contribution in [0.5, 0.6) is 0 Å². The molecule has 0 aliphatic heterocycles. The van der Waals surface area contributed by atoms with Crippen LogP contribution in [0.3, 0.4) is 0 Å². The number of hydrogen-bond acceptors (Lipinski definition) is 2. The zero-order chi connectivity index (χ0) is 15.9. The molecule has 0 fully saturated rings. The van der Waals surface area contributed by atoms with Crippen LogP contribution in [-0.4, -0.2) is 11.8 Å². The minimum absolute atomic E-state index is 0.0497. The van der Waals surface area contributed by atoms with Crippen molar-refractivity contribution in [2.45, 2.75) is 12.0 Å². The highest BCUT2D eigenvalue weighted by atomic mass is 16.1. The molecule has 2 rings (SSSR count). The molecule has 0 bridgehead atoms. The van der Waals surface area contributed by atoms with Gasteiger partial charge < -0.3 is 11.1 Å². The Bertz CT molecular complexity index is 743.